The average molecular weight is 190 g/mol. The third-order valence-electron chi connectivity index (χ3n) is 1.90. The molecule has 1 rings (SSSR count). The highest BCUT2D eigenvalue weighted by Gasteiger charge is 1.98. The first-order valence-electron chi connectivity index (χ1n) is 4.41. The fraction of sp³-hybridized carbons (Fsp3) is 0.200. The first-order valence-corrected chi connectivity index (χ1v) is 4.41. The van der Waals surface area contributed by atoms with Crippen LogP contribution in [0.2, 0.25) is 0 Å². The molecule has 0 aliphatic carbocycles. The number of benzene rings is 1. The molecule has 4 heteroatoms. The molecule has 4 nitrogen and oxygen atoms in total. The Labute approximate surface area is 83.2 Å². The topological polar surface area (TPSA) is 88.2 Å². The van der Waals surface area contributed by atoms with Gasteiger partial charge in [0.15, 0.2) is 0 Å². The third kappa shape index (κ3) is 2.58. The molecule has 14 heavy (non-hydrogen) atoms. The number of aliphatic imine (C=N–C) groups is 1. The molecule has 0 spiro atoms. The van der Waals surface area contributed by atoms with Gasteiger partial charge in [-0.15, -0.1) is 0 Å². The number of nitrogens with two attached hydrogens (primary N) is 2. The van der Waals surface area contributed by atoms with Crippen molar-refractivity contribution in [1.29, 1.82) is 5.41 Å². The molecule has 0 heterocycles. The monoisotopic (exact) mass is 190 g/mol. The van der Waals surface area contributed by atoms with Crippen LogP contribution in [-0.2, 0) is 6.42 Å². The van der Waals surface area contributed by atoms with E-state index in [-0.39, 0.29) is 11.8 Å². The number of aryl methyl sites for hydroxylation is 1. The summed E-state index contributed by atoms with van der Waals surface area (Å²) in [6.45, 7) is 2.09. The quantitative estimate of drug-likeness (QED) is 0.476. The van der Waals surface area contributed by atoms with E-state index in [0.717, 1.165) is 12.0 Å². The maximum atomic E-state index is 6.96. The first kappa shape index (κ1) is 10.2. The van der Waals surface area contributed by atoms with E-state index in [1.54, 1.807) is 0 Å². The number of hydrogen-bond donors (Lipinski definition) is 3. The predicted molar refractivity (Wildman–Crippen MR) is 58.5 cm³/mol. The summed E-state index contributed by atoms with van der Waals surface area (Å²) in [5.74, 6) is 0.00206. The molecule has 5 N–H and O–H groups in total. The van der Waals surface area contributed by atoms with E-state index in [1.807, 2.05) is 24.3 Å². The second kappa shape index (κ2) is 4.41. The van der Waals surface area contributed by atoms with Crippen molar-refractivity contribution in [2.45, 2.75) is 13.3 Å². The molecule has 0 amide bonds. The predicted octanol–water partition coefficient (Wildman–Crippen LogP) is 0.848. The van der Waals surface area contributed by atoms with Crippen molar-refractivity contribution < 1.29 is 0 Å². The van der Waals surface area contributed by atoms with E-state index in [4.69, 9.17) is 16.9 Å². The maximum Gasteiger partial charge on any atom is 0.214 e. The molecule has 0 saturated carbocycles. The van der Waals surface area contributed by atoms with Crippen LogP contribution < -0.4 is 11.5 Å². The largest absolute Gasteiger partial charge is 0.383 e. The number of hydrogen-bond acceptors (Lipinski definition) is 1. The van der Waals surface area contributed by atoms with Gasteiger partial charge in [-0.05, 0) is 12.0 Å². The standard InChI is InChI=1S/C10H14N4/c1-2-7-3-5-8(6-4-7)9(11)14-10(12)13/h3-6H,2H2,1H3,(H5,11,12,13,14). The summed E-state index contributed by atoms with van der Waals surface area (Å²) in [6, 6.07) is 7.72. The average Bonchev–Trinajstić information content (AvgIpc) is 2.17. The van der Waals surface area contributed by atoms with Crippen LogP contribution in [0.1, 0.15) is 18.1 Å². The van der Waals surface area contributed by atoms with Crippen molar-refractivity contribution >= 4 is 11.8 Å². The van der Waals surface area contributed by atoms with Gasteiger partial charge < -0.3 is 11.5 Å². The van der Waals surface area contributed by atoms with E-state index in [9.17, 15) is 0 Å². The molecular weight excluding hydrogens is 176 g/mol. The number of nitrogens with zero attached hydrogens (tertiary/aromatic N) is 1. The minimum Gasteiger partial charge on any atom is -0.383 e. The van der Waals surface area contributed by atoms with Crippen molar-refractivity contribution in [3.63, 3.8) is 0 Å². The van der Waals surface area contributed by atoms with Crippen LogP contribution in [0.3, 0.4) is 0 Å². The van der Waals surface area contributed by atoms with Gasteiger partial charge in [-0.25, -0.2) is 0 Å². The summed E-state index contributed by atoms with van der Waals surface area (Å²) in [5, 5.41) is 6.96. The highest BCUT2D eigenvalue weighted by molar-refractivity contribution is 6.03. The van der Waals surface area contributed by atoms with E-state index < -0.39 is 0 Å². The summed E-state index contributed by atoms with van der Waals surface area (Å²) in [7, 11) is 0. The fourth-order valence-corrected chi connectivity index (χ4v) is 1.11. The summed E-state index contributed by atoms with van der Waals surface area (Å²) in [4.78, 5) is 3.66. The Morgan fingerprint density at radius 1 is 1.29 bits per heavy atom. The lowest BCUT2D eigenvalue weighted by Crippen LogP contribution is -2.18. The van der Waals surface area contributed by atoms with Gasteiger partial charge >= 0.3 is 0 Å². The lowest BCUT2D eigenvalue weighted by Gasteiger charge is -2.01. The van der Waals surface area contributed by atoms with Gasteiger partial charge in [-0.2, -0.15) is 4.99 Å². The summed E-state index contributed by atoms with van der Waals surface area (Å²) in [6.07, 6.45) is 0.990. The summed E-state index contributed by atoms with van der Waals surface area (Å²) in [5.41, 5.74) is 12.7. The summed E-state index contributed by atoms with van der Waals surface area (Å²) < 4.78 is 0. The number of guanidine groups is 1. The lowest BCUT2D eigenvalue weighted by atomic mass is 10.1. The number of rotatable bonds is 2. The van der Waals surface area contributed by atoms with Gasteiger partial charge in [0.25, 0.3) is 0 Å². The molecule has 0 unspecified atom stereocenters. The van der Waals surface area contributed by atoms with Crippen LogP contribution >= 0.6 is 0 Å². The Morgan fingerprint density at radius 3 is 2.29 bits per heavy atom. The van der Waals surface area contributed by atoms with Gasteiger partial charge in [0.2, 0.25) is 5.96 Å². The van der Waals surface area contributed by atoms with Crippen LogP contribution in [0, 0.1) is 5.41 Å². The zero-order valence-corrected chi connectivity index (χ0v) is 8.12. The summed E-state index contributed by atoms with van der Waals surface area (Å²) >= 11 is 0. The molecule has 0 aromatic heterocycles. The molecule has 74 valence electrons. The van der Waals surface area contributed by atoms with Crippen molar-refractivity contribution in [2.75, 3.05) is 0 Å². The molecule has 1 aromatic carbocycles. The zero-order chi connectivity index (χ0) is 10.6. The van der Waals surface area contributed by atoms with E-state index >= 15 is 0 Å². The van der Waals surface area contributed by atoms with Gasteiger partial charge in [-0.1, -0.05) is 31.2 Å². The first-order chi connectivity index (χ1) is 6.63. The highest BCUT2D eigenvalue weighted by Crippen LogP contribution is 2.04. The van der Waals surface area contributed by atoms with Crippen molar-refractivity contribution in [1.82, 2.24) is 0 Å². The minimum atomic E-state index is -0.276. The van der Waals surface area contributed by atoms with Crippen LogP contribution in [0.4, 0.5) is 0 Å². The highest BCUT2D eigenvalue weighted by atomic mass is 15.0. The number of nitrogens with one attached hydrogen (secondary N) is 1. The van der Waals surface area contributed by atoms with Gasteiger partial charge in [0.05, 0.1) is 0 Å². The van der Waals surface area contributed by atoms with Gasteiger partial charge in [0.1, 0.15) is 5.84 Å². The van der Waals surface area contributed by atoms with E-state index in [1.165, 1.54) is 5.56 Å². The molecule has 0 saturated heterocycles. The molecule has 0 atom stereocenters. The Bertz CT molecular complexity index is 351. The molecular formula is C10H14N4. The van der Waals surface area contributed by atoms with Crippen molar-refractivity contribution in [2.24, 2.45) is 16.5 Å². The second-order valence-corrected chi connectivity index (χ2v) is 2.93. The third-order valence-corrected chi connectivity index (χ3v) is 1.90. The molecule has 0 aliphatic rings. The lowest BCUT2D eigenvalue weighted by molar-refractivity contribution is 1.14. The van der Waals surface area contributed by atoms with Crippen molar-refractivity contribution in [3.8, 4) is 0 Å². The molecule has 1 aromatic rings. The Morgan fingerprint density at radius 2 is 1.86 bits per heavy atom. The number of amidine groups is 1. The van der Waals surface area contributed by atoms with Crippen molar-refractivity contribution in [3.05, 3.63) is 35.4 Å². The van der Waals surface area contributed by atoms with Crippen LogP contribution in [0.25, 0.3) is 0 Å². The normalized spacial score (nSPS) is 11.4. The minimum absolute atomic E-state index is 0.276. The van der Waals surface area contributed by atoms with E-state index in [2.05, 4.69) is 11.9 Å². The van der Waals surface area contributed by atoms with Crippen LogP contribution in [-0.4, -0.2) is 11.8 Å². The maximum absolute atomic E-state index is 6.96. The molecule has 0 aliphatic heterocycles. The van der Waals surface area contributed by atoms with Crippen LogP contribution in [0.5, 0.6) is 0 Å². The zero-order valence-electron chi connectivity index (χ0n) is 8.12. The Balaban J connectivity index is 2.92. The fourth-order valence-electron chi connectivity index (χ4n) is 1.11. The SMILES string of the molecule is CCc1ccc(C(N)=NC(=N)N)cc1. The van der Waals surface area contributed by atoms with E-state index in [0.29, 0.717) is 0 Å². The second-order valence-electron chi connectivity index (χ2n) is 2.93. The smallest absolute Gasteiger partial charge is 0.214 e. The molecule has 0 fully saturated rings. The Hall–Kier alpha value is -1.84. The van der Waals surface area contributed by atoms with Gasteiger partial charge in [0, 0.05) is 5.56 Å². The Kier molecular flexibility index (Phi) is 3.23. The molecule has 0 bridgehead atoms. The van der Waals surface area contributed by atoms with Gasteiger partial charge in [-0.3, -0.25) is 5.41 Å². The van der Waals surface area contributed by atoms with Crippen LogP contribution in [0.15, 0.2) is 29.3 Å². The molecule has 0 radical (unpaired) electrons.